The summed E-state index contributed by atoms with van der Waals surface area (Å²) in [5.74, 6) is 2.94. The minimum Gasteiger partial charge on any atom is -0.311 e. The first-order valence-corrected chi connectivity index (χ1v) is 7.60. The molecule has 2 heterocycles. The Morgan fingerprint density at radius 3 is 2.95 bits per heavy atom. The van der Waals surface area contributed by atoms with Gasteiger partial charge in [-0.1, -0.05) is 19.8 Å². The molecule has 3 rings (SSSR count). The van der Waals surface area contributed by atoms with Gasteiger partial charge >= 0.3 is 0 Å². The zero-order chi connectivity index (χ0) is 13.4. The van der Waals surface area contributed by atoms with Gasteiger partial charge in [-0.25, -0.2) is 9.97 Å². The molecule has 0 aromatic carbocycles. The Bertz CT molecular complexity index is 590. The minimum absolute atomic E-state index is 0.455. The molecule has 0 bridgehead atoms. The number of alkyl halides is 1. The molecule has 0 N–H and O–H groups in total. The van der Waals surface area contributed by atoms with Crippen molar-refractivity contribution < 1.29 is 0 Å². The number of hydrogen-bond donors (Lipinski definition) is 0. The molecule has 2 atom stereocenters. The van der Waals surface area contributed by atoms with Gasteiger partial charge in [0, 0.05) is 12.7 Å². The lowest BCUT2D eigenvalue weighted by Crippen LogP contribution is -2.15. The van der Waals surface area contributed by atoms with E-state index < -0.39 is 0 Å². The zero-order valence-electron chi connectivity index (χ0n) is 11.6. The van der Waals surface area contributed by atoms with Gasteiger partial charge in [0.05, 0.1) is 5.88 Å². The summed E-state index contributed by atoms with van der Waals surface area (Å²) >= 11 is 6.05. The van der Waals surface area contributed by atoms with Gasteiger partial charge in [-0.15, -0.1) is 11.6 Å². The van der Waals surface area contributed by atoms with Gasteiger partial charge in [-0.3, -0.25) is 0 Å². The van der Waals surface area contributed by atoms with E-state index in [1.54, 1.807) is 0 Å². The van der Waals surface area contributed by atoms with E-state index in [4.69, 9.17) is 11.6 Å². The van der Waals surface area contributed by atoms with Crippen molar-refractivity contribution in [2.24, 2.45) is 11.8 Å². The summed E-state index contributed by atoms with van der Waals surface area (Å²) in [6, 6.07) is 2.09. The van der Waals surface area contributed by atoms with Gasteiger partial charge in [0.15, 0.2) is 5.65 Å². The normalized spacial score (nSPS) is 23.3. The summed E-state index contributed by atoms with van der Waals surface area (Å²) in [5.41, 5.74) is 3.11. The summed E-state index contributed by atoms with van der Waals surface area (Å²) in [5, 5.41) is 0. The lowest BCUT2D eigenvalue weighted by atomic mass is 9.98. The maximum atomic E-state index is 6.05. The van der Waals surface area contributed by atoms with Gasteiger partial charge in [0.25, 0.3) is 0 Å². The second-order valence-corrected chi connectivity index (χ2v) is 6.06. The van der Waals surface area contributed by atoms with Crippen LogP contribution in [0.2, 0.25) is 0 Å². The van der Waals surface area contributed by atoms with Crippen molar-refractivity contribution in [3.8, 4) is 0 Å². The van der Waals surface area contributed by atoms with Crippen LogP contribution in [0.15, 0.2) is 12.3 Å². The van der Waals surface area contributed by atoms with Gasteiger partial charge in [0.2, 0.25) is 0 Å². The van der Waals surface area contributed by atoms with Crippen LogP contribution in [0, 0.1) is 18.8 Å². The number of aryl methyl sites for hydroxylation is 1. The van der Waals surface area contributed by atoms with Crippen LogP contribution in [0.5, 0.6) is 0 Å². The van der Waals surface area contributed by atoms with E-state index in [0.29, 0.717) is 5.88 Å². The maximum absolute atomic E-state index is 6.05. The van der Waals surface area contributed by atoms with E-state index in [9.17, 15) is 0 Å². The molecule has 1 saturated carbocycles. The molecule has 0 aliphatic heterocycles. The van der Waals surface area contributed by atoms with E-state index >= 15 is 0 Å². The monoisotopic (exact) mass is 277 g/mol. The summed E-state index contributed by atoms with van der Waals surface area (Å²) in [6.07, 6.45) is 5.92. The van der Waals surface area contributed by atoms with E-state index in [0.717, 1.165) is 40.9 Å². The first-order valence-electron chi connectivity index (χ1n) is 7.06. The molecule has 2 aromatic heterocycles. The summed E-state index contributed by atoms with van der Waals surface area (Å²) < 4.78 is 2.23. The highest BCUT2D eigenvalue weighted by atomic mass is 35.5. The van der Waals surface area contributed by atoms with Crippen LogP contribution in [0.1, 0.15) is 37.6 Å². The van der Waals surface area contributed by atoms with Crippen LogP contribution < -0.4 is 0 Å². The molecule has 2 aromatic rings. The van der Waals surface area contributed by atoms with Crippen molar-refractivity contribution in [2.75, 3.05) is 0 Å². The van der Waals surface area contributed by atoms with Gasteiger partial charge in [-0.05, 0) is 36.8 Å². The van der Waals surface area contributed by atoms with Crippen molar-refractivity contribution in [1.29, 1.82) is 0 Å². The second kappa shape index (κ2) is 5.12. The Kier molecular flexibility index (Phi) is 3.48. The Hall–Kier alpha value is -1.09. The van der Waals surface area contributed by atoms with Crippen LogP contribution in [-0.2, 0) is 12.4 Å². The molecular formula is C15H20ClN3. The average Bonchev–Trinajstić information content (AvgIpc) is 2.94. The molecule has 0 radical (unpaired) electrons. The third-order valence-electron chi connectivity index (χ3n) is 4.38. The fraction of sp³-hybridized carbons (Fsp3) is 0.600. The van der Waals surface area contributed by atoms with Crippen LogP contribution in [0.25, 0.3) is 11.2 Å². The van der Waals surface area contributed by atoms with Gasteiger partial charge < -0.3 is 4.57 Å². The number of hydrogen-bond acceptors (Lipinski definition) is 2. The Labute approximate surface area is 119 Å². The smallest absolute Gasteiger partial charge is 0.160 e. The van der Waals surface area contributed by atoms with Crippen molar-refractivity contribution >= 4 is 22.8 Å². The van der Waals surface area contributed by atoms with Crippen molar-refractivity contribution in [3.63, 3.8) is 0 Å². The van der Waals surface area contributed by atoms with E-state index in [2.05, 4.69) is 27.5 Å². The molecule has 19 heavy (non-hydrogen) atoms. The third kappa shape index (κ3) is 2.36. The molecule has 102 valence electrons. The number of fused-ring (bicyclic) bond motifs is 1. The van der Waals surface area contributed by atoms with Crippen molar-refractivity contribution in [1.82, 2.24) is 14.5 Å². The molecule has 3 nitrogen and oxygen atoms in total. The van der Waals surface area contributed by atoms with Crippen molar-refractivity contribution in [2.45, 2.75) is 45.5 Å². The molecule has 1 aliphatic rings. The Morgan fingerprint density at radius 2 is 2.26 bits per heavy atom. The fourth-order valence-corrected chi connectivity index (χ4v) is 3.38. The Balaban J connectivity index is 2.00. The number of imidazole rings is 1. The number of aromatic nitrogens is 3. The topological polar surface area (TPSA) is 30.7 Å². The predicted molar refractivity (Wildman–Crippen MR) is 78.3 cm³/mol. The van der Waals surface area contributed by atoms with E-state index in [1.165, 1.54) is 19.3 Å². The lowest BCUT2D eigenvalue weighted by Gasteiger charge is -2.17. The molecule has 0 spiro atoms. The van der Waals surface area contributed by atoms with Crippen LogP contribution in [-0.4, -0.2) is 14.5 Å². The number of pyridine rings is 1. The molecule has 4 heteroatoms. The summed E-state index contributed by atoms with van der Waals surface area (Å²) in [7, 11) is 0. The molecule has 0 amide bonds. The maximum Gasteiger partial charge on any atom is 0.160 e. The second-order valence-electron chi connectivity index (χ2n) is 5.80. The molecular weight excluding hydrogens is 258 g/mol. The average molecular weight is 278 g/mol. The Morgan fingerprint density at radius 1 is 1.42 bits per heavy atom. The summed E-state index contributed by atoms with van der Waals surface area (Å²) in [4.78, 5) is 9.19. The molecule has 1 aliphatic carbocycles. The number of rotatable bonds is 3. The molecule has 1 fully saturated rings. The van der Waals surface area contributed by atoms with Crippen LogP contribution >= 0.6 is 11.6 Å². The van der Waals surface area contributed by atoms with Gasteiger partial charge in [0.1, 0.15) is 11.3 Å². The molecule has 0 saturated heterocycles. The highest BCUT2D eigenvalue weighted by Crippen LogP contribution is 2.33. The zero-order valence-corrected chi connectivity index (χ0v) is 12.3. The number of nitrogens with zero attached hydrogens (tertiary/aromatic N) is 3. The van der Waals surface area contributed by atoms with E-state index in [-0.39, 0.29) is 0 Å². The van der Waals surface area contributed by atoms with Crippen LogP contribution in [0.4, 0.5) is 0 Å². The standard InChI is InChI=1S/C15H20ClN3/c1-10-6-13-15(17-8-10)19(14(7-16)18-13)9-12-5-3-4-11(12)2/h6,8,11-12H,3-5,7,9H2,1-2H3. The fourth-order valence-electron chi connectivity index (χ4n) is 3.18. The van der Waals surface area contributed by atoms with Gasteiger partial charge in [-0.2, -0.15) is 0 Å². The summed E-state index contributed by atoms with van der Waals surface area (Å²) in [6.45, 7) is 5.41. The first-order chi connectivity index (χ1) is 9.19. The largest absolute Gasteiger partial charge is 0.311 e. The van der Waals surface area contributed by atoms with E-state index in [1.807, 2.05) is 13.1 Å². The van der Waals surface area contributed by atoms with Crippen molar-refractivity contribution in [3.05, 3.63) is 23.7 Å². The lowest BCUT2D eigenvalue weighted by molar-refractivity contribution is 0.364. The first kappa shape index (κ1) is 12.9. The highest BCUT2D eigenvalue weighted by Gasteiger charge is 2.25. The van der Waals surface area contributed by atoms with Crippen LogP contribution in [0.3, 0.4) is 0 Å². The molecule has 2 unspecified atom stereocenters. The predicted octanol–water partition coefficient (Wildman–Crippen LogP) is 3.91. The SMILES string of the molecule is Cc1cnc2c(c1)nc(CCl)n2CC1CCCC1C. The third-order valence-corrected chi connectivity index (χ3v) is 4.62. The number of halogens is 1. The quantitative estimate of drug-likeness (QED) is 0.796. The highest BCUT2D eigenvalue weighted by molar-refractivity contribution is 6.16. The minimum atomic E-state index is 0.455.